The first-order chi connectivity index (χ1) is 9.08. The van der Waals surface area contributed by atoms with Crippen molar-refractivity contribution in [1.29, 1.82) is 0 Å². The Balaban J connectivity index is 2.35. The number of hydrogen-bond donors (Lipinski definition) is 1. The van der Waals surface area contributed by atoms with Crippen molar-refractivity contribution in [2.75, 3.05) is 20.8 Å². The summed E-state index contributed by atoms with van der Waals surface area (Å²) in [6.45, 7) is 2.90. The zero-order chi connectivity index (χ0) is 14.0. The van der Waals surface area contributed by atoms with E-state index in [1.807, 2.05) is 13.1 Å². The van der Waals surface area contributed by atoms with Crippen LogP contribution >= 0.6 is 23.2 Å². The van der Waals surface area contributed by atoms with Gasteiger partial charge in [0.05, 0.1) is 18.2 Å². The molecule has 1 aromatic carbocycles. The molecule has 3 unspecified atom stereocenters. The third-order valence-electron chi connectivity index (χ3n) is 3.78. The van der Waals surface area contributed by atoms with Gasteiger partial charge in [-0.15, -0.1) is 0 Å². The Labute approximate surface area is 124 Å². The van der Waals surface area contributed by atoms with E-state index in [9.17, 15) is 0 Å². The number of nitrogens with one attached hydrogen (secondary N) is 1. The van der Waals surface area contributed by atoms with Crippen LogP contribution in [0.5, 0.6) is 5.75 Å². The predicted octanol–water partition coefficient (Wildman–Crippen LogP) is 3.69. The number of benzene rings is 1. The van der Waals surface area contributed by atoms with Gasteiger partial charge in [-0.3, -0.25) is 0 Å². The van der Waals surface area contributed by atoms with Gasteiger partial charge in [0.1, 0.15) is 5.75 Å². The van der Waals surface area contributed by atoms with Crippen LogP contribution in [0.1, 0.15) is 24.9 Å². The monoisotopic (exact) mass is 303 g/mol. The Morgan fingerprint density at radius 3 is 2.63 bits per heavy atom. The Hall–Kier alpha value is -0.480. The molecule has 5 heteroatoms. The maximum atomic E-state index is 6.36. The minimum absolute atomic E-state index is 0.133. The molecule has 1 aliphatic heterocycles. The van der Waals surface area contributed by atoms with Gasteiger partial charge in [-0.25, -0.2) is 0 Å². The molecule has 1 N–H and O–H groups in total. The Bertz CT molecular complexity index is 453. The van der Waals surface area contributed by atoms with Crippen molar-refractivity contribution < 1.29 is 9.47 Å². The van der Waals surface area contributed by atoms with Gasteiger partial charge in [0, 0.05) is 29.7 Å². The molecule has 1 fully saturated rings. The van der Waals surface area contributed by atoms with E-state index < -0.39 is 0 Å². The van der Waals surface area contributed by atoms with Crippen LogP contribution in [0, 0.1) is 5.92 Å². The SMILES string of the molecule is CNC(c1cc(Cl)c(OC)cc1Cl)C1CCOC1C. The van der Waals surface area contributed by atoms with Crippen LogP contribution in [0.25, 0.3) is 0 Å². The minimum Gasteiger partial charge on any atom is -0.495 e. The molecule has 0 spiro atoms. The van der Waals surface area contributed by atoms with E-state index in [2.05, 4.69) is 12.2 Å². The summed E-state index contributed by atoms with van der Waals surface area (Å²) >= 11 is 12.6. The number of halogens is 2. The summed E-state index contributed by atoms with van der Waals surface area (Å²) in [4.78, 5) is 0. The molecule has 3 atom stereocenters. The molecule has 0 saturated carbocycles. The molecule has 0 aliphatic carbocycles. The lowest BCUT2D eigenvalue weighted by Gasteiger charge is -2.27. The first kappa shape index (κ1) is 14.9. The molecule has 0 bridgehead atoms. The van der Waals surface area contributed by atoms with Crippen molar-refractivity contribution in [2.24, 2.45) is 5.92 Å². The highest BCUT2D eigenvalue weighted by atomic mass is 35.5. The number of hydrogen-bond acceptors (Lipinski definition) is 3. The Kier molecular flexibility index (Phi) is 4.96. The summed E-state index contributed by atoms with van der Waals surface area (Å²) < 4.78 is 10.8. The number of rotatable bonds is 4. The molecule has 1 heterocycles. The summed E-state index contributed by atoms with van der Waals surface area (Å²) in [5.41, 5.74) is 0.998. The second-order valence-corrected chi connectivity index (χ2v) is 5.62. The van der Waals surface area contributed by atoms with E-state index in [0.29, 0.717) is 21.7 Å². The lowest BCUT2D eigenvalue weighted by molar-refractivity contribution is 0.0963. The molecule has 1 aliphatic rings. The molecule has 2 rings (SSSR count). The Morgan fingerprint density at radius 2 is 2.11 bits per heavy atom. The molecular weight excluding hydrogens is 285 g/mol. The molecule has 0 radical (unpaired) electrons. The molecular formula is C14H19Cl2NO2. The average molecular weight is 304 g/mol. The third kappa shape index (κ3) is 3.00. The first-order valence-electron chi connectivity index (χ1n) is 6.40. The standard InChI is InChI=1S/C14H19Cl2NO2/c1-8-9(4-5-19-8)14(17-2)10-6-12(16)13(18-3)7-11(10)15/h6-9,14,17H,4-5H2,1-3H3. The van der Waals surface area contributed by atoms with Gasteiger partial charge in [0.2, 0.25) is 0 Å². The van der Waals surface area contributed by atoms with Crippen molar-refractivity contribution in [1.82, 2.24) is 5.32 Å². The second-order valence-electron chi connectivity index (χ2n) is 4.80. The van der Waals surface area contributed by atoms with Crippen molar-refractivity contribution in [2.45, 2.75) is 25.5 Å². The smallest absolute Gasteiger partial charge is 0.138 e. The third-order valence-corrected chi connectivity index (χ3v) is 4.40. The van der Waals surface area contributed by atoms with Crippen molar-refractivity contribution in [3.63, 3.8) is 0 Å². The van der Waals surface area contributed by atoms with E-state index in [0.717, 1.165) is 18.6 Å². The van der Waals surface area contributed by atoms with Crippen LogP contribution in [0.4, 0.5) is 0 Å². The zero-order valence-corrected chi connectivity index (χ0v) is 12.9. The molecule has 1 aromatic rings. The van der Waals surface area contributed by atoms with Crippen LogP contribution in [-0.2, 0) is 4.74 Å². The van der Waals surface area contributed by atoms with Gasteiger partial charge in [-0.2, -0.15) is 0 Å². The predicted molar refractivity (Wildman–Crippen MR) is 78.3 cm³/mol. The largest absolute Gasteiger partial charge is 0.495 e. The summed E-state index contributed by atoms with van der Waals surface area (Å²) in [7, 11) is 3.52. The van der Waals surface area contributed by atoms with Gasteiger partial charge in [-0.1, -0.05) is 23.2 Å². The number of ether oxygens (including phenoxy) is 2. The fraction of sp³-hybridized carbons (Fsp3) is 0.571. The zero-order valence-electron chi connectivity index (χ0n) is 11.4. The maximum absolute atomic E-state index is 6.36. The highest BCUT2D eigenvalue weighted by molar-refractivity contribution is 6.34. The summed E-state index contributed by atoms with van der Waals surface area (Å²) in [5, 5.41) is 4.58. The highest BCUT2D eigenvalue weighted by Crippen LogP contribution is 2.39. The normalized spacial score (nSPS) is 24.5. The maximum Gasteiger partial charge on any atom is 0.138 e. The van der Waals surface area contributed by atoms with Gasteiger partial charge in [-0.05, 0) is 32.0 Å². The van der Waals surface area contributed by atoms with E-state index in [4.69, 9.17) is 32.7 Å². The second kappa shape index (κ2) is 6.31. The van der Waals surface area contributed by atoms with Gasteiger partial charge >= 0.3 is 0 Å². The quantitative estimate of drug-likeness (QED) is 0.920. The minimum atomic E-state index is 0.133. The van der Waals surface area contributed by atoms with E-state index >= 15 is 0 Å². The molecule has 0 aromatic heterocycles. The molecule has 19 heavy (non-hydrogen) atoms. The fourth-order valence-electron chi connectivity index (χ4n) is 2.72. The van der Waals surface area contributed by atoms with Gasteiger partial charge in [0.25, 0.3) is 0 Å². The van der Waals surface area contributed by atoms with E-state index in [1.165, 1.54) is 0 Å². The van der Waals surface area contributed by atoms with Crippen LogP contribution in [0.15, 0.2) is 12.1 Å². The molecule has 3 nitrogen and oxygen atoms in total. The topological polar surface area (TPSA) is 30.5 Å². The number of methoxy groups -OCH3 is 1. The van der Waals surface area contributed by atoms with Gasteiger partial charge < -0.3 is 14.8 Å². The average Bonchev–Trinajstić information content (AvgIpc) is 2.80. The summed E-state index contributed by atoms with van der Waals surface area (Å²) in [6, 6.07) is 3.78. The van der Waals surface area contributed by atoms with Gasteiger partial charge in [0.15, 0.2) is 0 Å². The van der Waals surface area contributed by atoms with E-state index in [-0.39, 0.29) is 12.1 Å². The van der Waals surface area contributed by atoms with Crippen LogP contribution in [0.3, 0.4) is 0 Å². The van der Waals surface area contributed by atoms with E-state index in [1.54, 1.807) is 13.2 Å². The lowest BCUT2D eigenvalue weighted by atomic mass is 9.88. The lowest BCUT2D eigenvalue weighted by Crippen LogP contribution is -2.29. The van der Waals surface area contributed by atoms with Crippen LogP contribution in [0.2, 0.25) is 10.0 Å². The van der Waals surface area contributed by atoms with Crippen LogP contribution < -0.4 is 10.1 Å². The van der Waals surface area contributed by atoms with Crippen molar-refractivity contribution in [3.05, 3.63) is 27.7 Å². The van der Waals surface area contributed by atoms with Crippen LogP contribution in [-0.4, -0.2) is 26.9 Å². The molecule has 106 valence electrons. The highest BCUT2D eigenvalue weighted by Gasteiger charge is 2.33. The Morgan fingerprint density at radius 1 is 1.37 bits per heavy atom. The van der Waals surface area contributed by atoms with Crippen molar-refractivity contribution >= 4 is 23.2 Å². The molecule has 1 saturated heterocycles. The van der Waals surface area contributed by atoms with Crippen molar-refractivity contribution in [3.8, 4) is 5.75 Å². The summed E-state index contributed by atoms with van der Waals surface area (Å²) in [6.07, 6.45) is 1.24. The summed E-state index contributed by atoms with van der Waals surface area (Å²) in [5.74, 6) is 0.993. The molecule has 0 amide bonds. The first-order valence-corrected chi connectivity index (χ1v) is 7.15. The fourth-order valence-corrected chi connectivity index (χ4v) is 3.25.